The Morgan fingerprint density at radius 1 is 1.25 bits per heavy atom. The average Bonchev–Trinajstić information content (AvgIpc) is 2.65. The van der Waals surface area contributed by atoms with Gasteiger partial charge in [0.15, 0.2) is 0 Å². The molecule has 0 amide bonds. The molecule has 0 unspecified atom stereocenters. The van der Waals surface area contributed by atoms with Crippen molar-refractivity contribution in [3.05, 3.63) is 53.6 Å². The maximum Gasteiger partial charge on any atom is 0.317 e. The first-order valence-electron chi connectivity index (χ1n) is 9.94. The summed E-state index contributed by atoms with van der Waals surface area (Å²) in [6, 6.07) is 15.5. The molecule has 5 nitrogen and oxygen atoms in total. The number of methoxy groups -OCH3 is 1. The van der Waals surface area contributed by atoms with Gasteiger partial charge < -0.3 is 15.2 Å². The summed E-state index contributed by atoms with van der Waals surface area (Å²) in [6.07, 6.45) is 1.97. The molecule has 0 radical (unpaired) electrons. The minimum Gasteiger partial charge on any atom is -0.496 e. The van der Waals surface area contributed by atoms with Crippen molar-refractivity contribution in [3.63, 3.8) is 0 Å². The molecular formula is C23H30N2O3. The van der Waals surface area contributed by atoms with Crippen LogP contribution in [0.2, 0.25) is 0 Å². The molecule has 0 aromatic heterocycles. The van der Waals surface area contributed by atoms with Crippen LogP contribution in [-0.4, -0.2) is 48.3 Å². The van der Waals surface area contributed by atoms with Gasteiger partial charge in [-0.25, -0.2) is 0 Å². The maximum atomic E-state index is 11.0. The molecule has 1 aliphatic rings. The first-order chi connectivity index (χ1) is 13.5. The predicted octanol–water partition coefficient (Wildman–Crippen LogP) is 3.70. The molecule has 0 saturated heterocycles. The molecule has 0 atom stereocenters. The molecule has 2 N–H and O–H groups in total. The smallest absolute Gasteiger partial charge is 0.317 e. The first-order valence-corrected chi connectivity index (χ1v) is 9.94. The molecule has 0 heterocycles. The van der Waals surface area contributed by atoms with Gasteiger partial charge in [-0.05, 0) is 55.1 Å². The lowest BCUT2D eigenvalue weighted by molar-refractivity contribution is -0.139. The predicted molar refractivity (Wildman–Crippen MR) is 112 cm³/mol. The van der Waals surface area contributed by atoms with Crippen LogP contribution < -0.4 is 10.1 Å². The van der Waals surface area contributed by atoms with Gasteiger partial charge in [-0.3, -0.25) is 9.69 Å². The van der Waals surface area contributed by atoms with E-state index in [1.54, 1.807) is 7.11 Å². The second-order valence-electron chi connectivity index (χ2n) is 7.50. The molecule has 0 bridgehead atoms. The number of aryl methyl sites for hydroxylation is 1. The van der Waals surface area contributed by atoms with Crippen LogP contribution in [0.5, 0.6) is 5.75 Å². The molecule has 0 aliphatic heterocycles. The Labute approximate surface area is 167 Å². The second kappa shape index (κ2) is 9.22. The van der Waals surface area contributed by atoms with E-state index in [-0.39, 0.29) is 6.54 Å². The number of ether oxygens (including phenoxy) is 1. The quantitative estimate of drug-likeness (QED) is 0.692. The Morgan fingerprint density at radius 2 is 2.00 bits per heavy atom. The normalized spacial score (nSPS) is 18.7. The SMILES string of the molecule is CCN(CC(=O)O)C1CC(NCc2cc(-c3ccccc3C)ccc2OC)C1. The molecule has 5 heteroatoms. The Bertz CT molecular complexity index is 815. The number of carbonyl (C=O) groups is 1. The van der Waals surface area contributed by atoms with Gasteiger partial charge in [0.25, 0.3) is 0 Å². The van der Waals surface area contributed by atoms with Gasteiger partial charge in [0.2, 0.25) is 0 Å². The zero-order valence-electron chi connectivity index (χ0n) is 16.9. The van der Waals surface area contributed by atoms with Crippen molar-refractivity contribution in [3.8, 4) is 16.9 Å². The number of carboxylic acids is 1. The van der Waals surface area contributed by atoms with Crippen LogP contribution >= 0.6 is 0 Å². The van der Waals surface area contributed by atoms with Crippen molar-refractivity contribution >= 4 is 5.97 Å². The molecule has 150 valence electrons. The molecule has 1 saturated carbocycles. The minimum absolute atomic E-state index is 0.125. The van der Waals surface area contributed by atoms with Gasteiger partial charge in [0.05, 0.1) is 13.7 Å². The van der Waals surface area contributed by atoms with Gasteiger partial charge in [-0.2, -0.15) is 0 Å². The van der Waals surface area contributed by atoms with E-state index in [4.69, 9.17) is 9.84 Å². The topological polar surface area (TPSA) is 61.8 Å². The van der Waals surface area contributed by atoms with Crippen LogP contribution in [0.1, 0.15) is 30.9 Å². The number of nitrogens with one attached hydrogen (secondary N) is 1. The van der Waals surface area contributed by atoms with Crippen molar-refractivity contribution < 1.29 is 14.6 Å². The molecule has 1 aliphatic carbocycles. The van der Waals surface area contributed by atoms with Crippen LogP contribution in [0.4, 0.5) is 0 Å². The van der Waals surface area contributed by atoms with E-state index in [9.17, 15) is 4.79 Å². The molecule has 2 aromatic rings. The van der Waals surface area contributed by atoms with E-state index in [1.807, 2.05) is 17.9 Å². The fourth-order valence-electron chi connectivity index (χ4n) is 3.96. The summed E-state index contributed by atoms with van der Waals surface area (Å²) in [5.74, 6) is 0.137. The number of benzene rings is 2. The number of nitrogens with zero attached hydrogens (tertiary/aromatic N) is 1. The van der Waals surface area contributed by atoms with E-state index >= 15 is 0 Å². The van der Waals surface area contributed by atoms with E-state index in [1.165, 1.54) is 16.7 Å². The number of likely N-dealkylation sites (N-methyl/N-ethyl adjacent to an activating group) is 1. The third kappa shape index (κ3) is 4.72. The van der Waals surface area contributed by atoms with Crippen LogP contribution in [-0.2, 0) is 11.3 Å². The highest BCUT2D eigenvalue weighted by Crippen LogP contribution is 2.30. The number of rotatable bonds is 9. The Morgan fingerprint density at radius 3 is 2.64 bits per heavy atom. The second-order valence-corrected chi connectivity index (χ2v) is 7.50. The average molecular weight is 383 g/mol. The van der Waals surface area contributed by atoms with E-state index in [0.29, 0.717) is 12.1 Å². The van der Waals surface area contributed by atoms with Crippen molar-refractivity contribution in [2.75, 3.05) is 20.2 Å². The molecule has 3 rings (SSSR count). The number of aliphatic carboxylic acids is 1. The third-order valence-electron chi connectivity index (χ3n) is 5.69. The summed E-state index contributed by atoms with van der Waals surface area (Å²) in [4.78, 5) is 13.0. The Balaban J connectivity index is 1.63. The monoisotopic (exact) mass is 382 g/mol. The summed E-state index contributed by atoms with van der Waals surface area (Å²) in [6.45, 7) is 5.79. The fourth-order valence-corrected chi connectivity index (χ4v) is 3.96. The summed E-state index contributed by atoms with van der Waals surface area (Å²) in [5.41, 5.74) is 4.83. The lowest BCUT2D eigenvalue weighted by atomic mass is 9.85. The third-order valence-corrected chi connectivity index (χ3v) is 5.69. The van der Waals surface area contributed by atoms with Gasteiger partial charge in [-0.1, -0.05) is 37.3 Å². The summed E-state index contributed by atoms with van der Waals surface area (Å²) in [5, 5.41) is 12.6. The lowest BCUT2D eigenvalue weighted by Gasteiger charge is -2.42. The number of carboxylic acid groups (broad SMARTS) is 1. The van der Waals surface area contributed by atoms with Crippen LogP contribution in [0, 0.1) is 6.92 Å². The maximum absolute atomic E-state index is 11.0. The molecule has 0 spiro atoms. The van der Waals surface area contributed by atoms with Crippen LogP contribution in [0.3, 0.4) is 0 Å². The standard InChI is InChI=1S/C23H30N2O3/c1-4-25(15-23(26)27)20-12-19(13-20)24-14-18-11-17(9-10-22(18)28-3)21-8-6-5-7-16(21)2/h5-11,19-20,24H,4,12-15H2,1-3H3,(H,26,27). The highest BCUT2D eigenvalue weighted by molar-refractivity contribution is 5.69. The summed E-state index contributed by atoms with van der Waals surface area (Å²) >= 11 is 0. The highest BCUT2D eigenvalue weighted by Gasteiger charge is 2.33. The fraction of sp³-hybridized carbons (Fsp3) is 0.435. The Kier molecular flexibility index (Phi) is 6.70. The van der Waals surface area contributed by atoms with Crippen LogP contribution in [0.25, 0.3) is 11.1 Å². The largest absolute Gasteiger partial charge is 0.496 e. The highest BCUT2D eigenvalue weighted by atomic mass is 16.5. The summed E-state index contributed by atoms with van der Waals surface area (Å²) < 4.78 is 5.56. The van der Waals surface area contributed by atoms with E-state index in [0.717, 1.165) is 37.2 Å². The van der Waals surface area contributed by atoms with Gasteiger partial charge >= 0.3 is 5.97 Å². The number of hydrogen-bond acceptors (Lipinski definition) is 4. The molecule has 1 fully saturated rings. The van der Waals surface area contributed by atoms with E-state index in [2.05, 4.69) is 48.6 Å². The minimum atomic E-state index is -0.754. The van der Waals surface area contributed by atoms with Crippen molar-refractivity contribution in [2.45, 2.75) is 45.3 Å². The van der Waals surface area contributed by atoms with Crippen molar-refractivity contribution in [1.29, 1.82) is 0 Å². The first kappa shape index (κ1) is 20.4. The van der Waals surface area contributed by atoms with Gasteiger partial charge in [0.1, 0.15) is 5.75 Å². The lowest BCUT2D eigenvalue weighted by Crippen LogP contribution is -2.53. The molecule has 28 heavy (non-hydrogen) atoms. The number of hydrogen-bond donors (Lipinski definition) is 2. The van der Waals surface area contributed by atoms with Gasteiger partial charge in [0, 0.05) is 24.2 Å². The van der Waals surface area contributed by atoms with Gasteiger partial charge in [-0.15, -0.1) is 0 Å². The van der Waals surface area contributed by atoms with E-state index < -0.39 is 5.97 Å². The van der Waals surface area contributed by atoms with Crippen molar-refractivity contribution in [1.82, 2.24) is 10.2 Å². The zero-order valence-corrected chi connectivity index (χ0v) is 16.9. The van der Waals surface area contributed by atoms with Crippen molar-refractivity contribution in [2.24, 2.45) is 0 Å². The Hall–Kier alpha value is -2.37. The molecule has 2 aromatic carbocycles. The zero-order chi connectivity index (χ0) is 20.1. The van der Waals surface area contributed by atoms with Crippen LogP contribution in [0.15, 0.2) is 42.5 Å². The summed E-state index contributed by atoms with van der Waals surface area (Å²) in [7, 11) is 1.71. The molecular weight excluding hydrogens is 352 g/mol.